The van der Waals surface area contributed by atoms with Crippen LogP contribution in [0.1, 0.15) is 6.92 Å². The van der Waals surface area contributed by atoms with Gasteiger partial charge in [-0.05, 0) is 49.4 Å². The molecule has 0 unspecified atom stereocenters. The third-order valence-electron chi connectivity index (χ3n) is 3.20. The predicted octanol–water partition coefficient (Wildman–Crippen LogP) is 4.24. The minimum atomic E-state index is -0.339. The number of cyclic esters (lactones) is 1. The first-order valence-electron chi connectivity index (χ1n) is 6.91. The zero-order valence-corrected chi connectivity index (χ0v) is 12.1. The molecule has 0 spiro atoms. The van der Waals surface area contributed by atoms with E-state index in [1.165, 1.54) is 6.26 Å². The van der Waals surface area contributed by atoms with E-state index in [0.717, 1.165) is 22.9 Å². The summed E-state index contributed by atoms with van der Waals surface area (Å²) in [4.78, 5) is 11.5. The van der Waals surface area contributed by atoms with Gasteiger partial charge in [-0.15, -0.1) is 0 Å². The second-order valence-corrected chi connectivity index (χ2v) is 4.81. The normalized spacial score (nSPS) is 15.4. The average molecular weight is 293 g/mol. The number of hydrogen-bond acceptors (Lipinski definition) is 4. The van der Waals surface area contributed by atoms with E-state index in [1.54, 1.807) is 6.08 Å². The van der Waals surface area contributed by atoms with Crippen LogP contribution in [0.4, 0.5) is 5.69 Å². The van der Waals surface area contributed by atoms with Crippen LogP contribution in [0.25, 0.3) is 0 Å². The van der Waals surface area contributed by atoms with Crippen molar-refractivity contribution >= 4 is 11.7 Å². The zero-order chi connectivity index (χ0) is 15.4. The highest BCUT2D eigenvalue weighted by Gasteiger charge is 2.16. The van der Waals surface area contributed by atoms with E-state index in [1.807, 2.05) is 61.5 Å². The third-order valence-corrected chi connectivity index (χ3v) is 3.20. The Morgan fingerprint density at radius 1 is 1.00 bits per heavy atom. The van der Waals surface area contributed by atoms with Crippen molar-refractivity contribution in [3.8, 4) is 11.5 Å². The number of carbonyl (C=O) groups excluding carboxylic acids is 1. The Hall–Kier alpha value is -3.01. The summed E-state index contributed by atoms with van der Waals surface area (Å²) in [5, 5.41) is 3.18. The molecule has 1 aliphatic heterocycles. The molecule has 1 N–H and O–H groups in total. The van der Waals surface area contributed by atoms with Gasteiger partial charge in [-0.2, -0.15) is 0 Å². The Labute approximate surface area is 128 Å². The summed E-state index contributed by atoms with van der Waals surface area (Å²) in [5.74, 6) is 1.21. The molecule has 0 radical (unpaired) electrons. The number of rotatable bonds is 4. The van der Waals surface area contributed by atoms with Crippen LogP contribution < -0.4 is 10.1 Å². The number of ether oxygens (including phenoxy) is 2. The molecule has 22 heavy (non-hydrogen) atoms. The van der Waals surface area contributed by atoms with Gasteiger partial charge < -0.3 is 14.8 Å². The van der Waals surface area contributed by atoms with Crippen LogP contribution in [0.2, 0.25) is 0 Å². The van der Waals surface area contributed by atoms with E-state index >= 15 is 0 Å². The van der Waals surface area contributed by atoms with Crippen LogP contribution in [-0.4, -0.2) is 5.97 Å². The summed E-state index contributed by atoms with van der Waals surface area (Å²) >= 11 is 0. The van der Waals surface area contributed by atoms with Gasteiger partial charge in [-0.3, -0.25) is 0 Å². The number of anilines is 1. The Kier molecular flexibility index (Phi) is 3.92. The highest BCUT2D eigenvalue weighted by molar-refractivity contribution is 5.95. The lowest BCUT2D eigenvalue weighted by atomic mass is 10.2. The second kappa shape index (κ2) is 6.18. The molecular formula is C18H15NO3. The summed E-state index contributed by atoms with van der Waals surface area (Å²) in [6, 6.07) is 17.1. The first-order chi connectivity index (χ1) is 10.7. The molecule has 4 heteroatoms. The van der Waals surface area contributed by atoms with Gasteiger partial charge in [0, 0.05) is 11.4 Å². The quantitative estimate of drug-likeness (QED) is 0.676. The molecule has 0 saturated carbocycles. The summed E-state index contributed by atoms with van der Waals surface area (Å²) in [6.07, 6.45) is 3.04. The minimum Gasteiger partial charge on any atom is -0.457 e. The summed E-state index contributed by atoms with van der Waals surface area (Å²) in [7, 11) is 0. The predicted molar refractivity (Wildman–Crippen MR) is 84.5 cm³/mol. The van der Waals surface area contributed by atoms with Crippen molar-refractivity contribution in [2.45, 2.75) is 6.92 Å². The lowest BCUT2D eigenvalue weighted by molar-refractivity contribution is -0.132. The smallest absolute Gasteiger partial charge is 0.344 e. The van der Waals surface area contributed by atoms with Crippen molar-refractivity contribution < 1.29 is 14.3 Å². The van der Waals surface area contributed by atoms with Gasteiger partial charge in [0.15, 0.2) is 0 Å². The summed E-state index contributed by atoms with van der Waals surface area (Å²) in [6.45, 7) is 1.83. The Bertz CT molecular complexity index is 731. The maximum atomic E-state index is 11.5. The number of allylic oxidation sites excluding steroid dienone is 1. The van der Waals surface area contributed by atoms with Gasteiger partial charge in [-0.25, -0.2) is 4.79 Å². The van der Waals surface area contributed by atoms with Crippen molar-refractivity contribution in [3.63, 3.8) is 0 Å². The molecule has 0 bridgehead atoms. The van der Waals surface area contributed by atoms with Crippen molar-refractivity contribution in [1.29, 1.82) is 0 Å². The SMILES string of the molecule is CC(Nc1ccc(Oc2ccccc2)cc1)=C1C=COC1=O. The first-order valence-corrected chi connectivity index (χ1v) is 6.91. The molecule has 0 aliphatic carbocycles. The minimum absolute atomic E-state index is 0.339. The summed E-state index contributed by atoms with van der Waals surface area (Å²) in [5.41, 5.74) is 2.15. The molecule has 0 amide bonds. The standard InChI is InChI=1S/C18H15NO3/c1-13(17-11-12-21-18(17)20)19-14-7-9-16(10-8-14)22-15-5-3-2-4-6-15/h2-12,19H,1H3. The molecule has 4 nitrogen and oxygen atoms in total. The van der Waals surface area contributed by atoms with Crippen LogP contribution >= 0.6 is 0 Å². The molecule has 3 rings (SSSR count). The molecule has 0 fully saturated rings. The van der Waals surface area contributed by atoms with Gasteiger partial charge in [0.25, 0.3) is 0 Å². The van der Waals surface area contributed by atoms with E-state index < -0.39 is 0 Å². The van der Waals surface area contributed by atoms with Crippen LogP contribution in [0.3, 0.4) is 0 Å². The molecule has 1 aliphatic rings. The van der Waals surface area contributed by atoms with E-state index in [9.17, 15) is 4.79 Å². The first kappa shape index (κ1) is 13.9. The second-order valence-electron chi connectivity index (χ2n) is 4.81. The van der Waals surface area contributed by atoms with Gasteiger partial charge >= 0.3 is 5.97 Å². The van der Waals surface area contributed by atoms with Gasteiger partial charge in [0.2, 0.25) is 0 Å². The highest BCUT2D eigenvalue weighted by atomic mass is 16.5. The lowest BCUT2D eigenvalue weighted by Crippen LogP contribution is -2.05. The zero-order valence-electron chi connectivity index (χ0n) is 12.1. The number of nitrogens with one attached hydrogen (secondary N) is 1. The Balaban J connectivity index is 1.69. The Morgan fingerprint density at radius 2 is 1.68 bits per heavy atom. The number of benzene rings is 2. The van der Waals surface area contributed by atoms with Crippen LogP contribution in [0.5, 0.6) is 11.5 Å². The molecule has 0 saturated heterocycles. The van der Waals surface area contributed by atoms with Gasteiger partial charge in [0.05, 0.1) is 11.8 Å². The van der Waals surface area contributed by atoms with Crippen molar-refractivity contribution in [2.75, 3.05) is 5.32 Å². The molecule has 0 aromatic heterocycles. The van der Waals surface area contributed by atoms with Crippen LogP contribution in [0, 0.1) is 0 Å². The van der Waals surface area contributed by atoms with Crippen LogP contribution in [-0.2, 0) is 9.53 Å². The number of carbonyl (C=O) groups is 1. The molecule has 0 atom stereocenters. The average Bonchev–Trinajstić information content (AvgIpc) is 2.96. The maximum absolute atomic E-state index is 11.5. The van der Waals surface area contributed by atoms with E-state index in [4.69, 9.17) is 9.47 Å². The fraction of sp³-hybridized carbons (Fsp3) is 0.0556. The van der Waals surface area contributed by atoms with E-state index in [2.05, 4.69) is 5.32 Å². The van der Waals surface area contributed by atoms with Crippen molar-refractivity contribution in [1.82, 2.24) is 0 Å². The van der Waals surface area contributed by atoms with Gasteiger partial charge in [0.1, 0.15) is 11.5 Å². The molecule has 2 aromatic rings. The Morgan fingerprint density at radius 3 is 2.32 bits per heavy atom. The lowest BCUT2D eigenvalue weighted by Gasteiger charge is -2.10. The number of hydrogen-bond donors (Lipinski definition) is 1. The highest BCUT2D eigenvalue weighted by Crippen LogP contribution is 2.24. The molecule has 1 heterocycles. The number of esters is 1. The van der Waals surface area contributed by atoms with Crippen molar-refractivity contribution in [3.05, 3.63) is 78.2 Å². The third kappa shape index (κ3) is 3.17. The van der Waals surface area contributed by atoms with Crippen molar-refractivity contribution in [2.24, 2.45) is 0 Å². The molecule has 110 valence electrons. The largest absolute Gasteiger partial charge is 0.457 e. The summed E-state index contributed by atoms with van der Waals surface area (Å²) < 4.78 is 10.5. The van der Waals surface area contributed by atoms with Crippen LogP contribution in [0.15, 0.2) is 78.2 Å². The molecular weight excluding hydrogens is 278 g/mol. The topological polar surface area (TPSA) is 47.6 Å². The fourth-order valence-corrected chi connectivity index (χ4v) is 2.09. The van der Waals surface area contributed by atoms with E-state index in [-0.39, 0.29) is 5.97 Å². The molecule has 2 aromatic carbocycles. The fourth-order valence-electron chi connectivity index (χ4n) is 2.09. The monoisotopic (exact) mass is 293 g/mol. The number of para-hydroxylation sites is 1. The van der Waals surface area contributed by atoms with Gasteiger partial charge in [-0.1, -0.05) is 18.2 Å². The van der Waals surface area contributed by atoms with E-state index in [0.29, 0.717) is 5.57 Å². The maximum Gasteiger partial charge on any atom is 0.344 e.